The van der Waals surface area contributed by atoms with Gasteiger partial charge in [0.15, 0.2) is 0 Å². The van der Waals surface area contributed by atoms with Crippen LogP contribution >= 0.6 is 18.4 Å². The maximum absolute atomic E-state index is 10.8. The molecule has 0 fully saturated rings. The normalized spacial score (nSPS) is 10.7. The van der Waals surface area contributed by atoms with Gasteiger partial charge in [0, 0.05) is 6.54 Å². The van der Waals surface area contributed by atoms with E-state index in [0.29, 0.717) is 6.54 Å². The summed E-state index contributed by atoms with van der Waals surface area (Å²) >= 11 is 8.40. The second-order valence-corrected chi connectivity index (χ2v) is 5.81. The van der Waals surface area contributed by atoms with E-state index >= 15 is 0 Å². The molecule has 6 heteroatoms. The Hall–Kier alpha value is 0.140. The SMILES string of the molecule is CCCCCNC(=O)O[P+](=S)S. The van der Waals surface area contributed by atoms with Crippen molar-refractivity contribution in [1.29, 1.82) is 0 Å². The topological polar surface area (TPSA) is 38.3 Å². The van der Waals surface area contributed by atoms with E-state index in [1.165, 1.54) is 0 Å². The van der Waals surface area contributed by atoms with E-state index in [1.807, 2.05) is 0 Å². The molecule has 0 aromatic carbocycles. The van der Waals surface area contributed by atoms with Crippen LogP contribution in [0.25, 0.3) is 0 Å². The lowest BCUT2D eigenvalue weighted by Crippen LogP contribution is -2.22. The van der Waals surface area contributed by atoms with Crippen LogP contribution < -0.4 is 5.32 Å². The Morgan fingerprint density at radius 1 is 1.67 bits per heavy atom. The molecule has 0 radical (unpaired) electrons. The number of carbonyl (C=O) groups is 1. The first kappa shape index (κ1) is 12.1. The Morgan fingerprint density at radius 2 is 2.33 bits per heavy atom. The zero-order valence-electron chi connectivity index (χ0n) is 6.95. The van der Waals surface area contributed by atoms with Crippen molar-refractivity contribution in [2.75, 3.05) is 6.54 Å². The molecule has 0 aliphatic heterocycles. The van der Waals surface area contributed by atoms with Crippen LogP contribution in [0, 0.1) is 0 Å². The van der Waals surface area contributed by atoms with Gasteiger partial charge in [-0.15, -0.1) is 0 Å². The second kappa shape index (κ2) is 7.77. The summed E-state index contributed by atoms with van der Waals surface area (Å²) < 4.78 is 4.62. The van der Waals surface area contributed by atoms with Gasteiger partial charge in [-0.05, 0) is 6.42 Å². The number of hydrogen-bond donors (Lipinski definition) is 2. The molecule has 70 valence electrons. The number of nitrogens with one attached hydrogen (secondary N) is 1. The molecule has 0 spiro atoms. The molecular weight excluding hydrogens is 213 g/mol. The lowest BCUT2D eigenvalue weighted by Gasteiger charge is -1.98. The van der Waals surface area contributed by atoms with Gasteiger partial charge in [0.05, 0.1) is 0 Å². The van der Waals surface area contributed by atoms with Crippen molar-refractivity contribution < 1.29 is 9.32 Å². The lowest BCUT2D eigenvalue weighted by molar-refractivity contribution is 0.207. The van der Waals surface area contributed by atoms with Crippen LogP contribution in [0.1, 0.15) is 26.2 Å². The quantitative estimate of drug-likeness (QED) is 0.430. The zero-order valence-corrected chi connectivity index (χ0v) is 9.55. The summed E-state index contributed by atoms with van der Waals surface area (Å²) in [5.74, 6) is 0. The van der Waals surface area contributed by atoms with Gasteiger partial charge in [-0.25, -0.2) is 9.32 Å². The van der Waals surface area contributed by atoms with Crippen molar-refractivity contribution in [2.45, 2.75) is 26.2 Å². The van der Waals surface area contributed by atoms with Gasteiger partial charge in [0.1, 0.15) is 12.2 Å². The van der Waals surface area contributed by atoms with Crippen LogP contribution in [0.4, 0.5) is 4.79 Å². The van der Waals surface area contributed by atoms with E-state index < -0.39 is 12.2 Å². The van der Waals surface area contributed by atoms with Gasteiger partial charge in [-0.2, -0.15) is 0 Å². The van der Waals surface area contributed by atoms with Crippen molar-refractivity contribution in [1.82, 2.24) is 5.32 Å². The Balaban J connectivity index is 3.26. The Bertz CT molecular complexity index is 166. The molecule has 0 heterocycles. The standard InChI is InChI=1S/C6H12NO2PS2/c1-2-3-4-5-7-6(8)9-10(11)12/h2-5H2,1H3,(H-,7,8,11,12)/p+1. The minimum atomic E-state index is -1.30. The summed E-state index contributed by atoms with van der Waals surface area (Å²) in [5, 5.41) is 2.59. The fourth-order valence-electron chi connectivity index (χ4n) is 0.669. The molecule has 1 N–H and O–H groups in total. The van der Waals surface area contributed by atoms with Gasteiger partial charge >= 0.3 is 12.2 Å². The van der Waals surface area contributed by atoms with Crippen molar-refractivity contribution in [3.63, 3.8) is 0 Å². The molecule has 0 bridgehead atoms. The molecule has 0 rings (SSSR count). The number of thiol groups is 1. The van der Waals surface area contributed by atoms with Gasteiger partial charge in [-0.3, -0.25) is 0 Å². The Kier molecular flexibility index (Phi) is 7.86. The number of unbranched alkanes of at least 4 members (excludes halogenated alkanes) is 2. The third kappa shape index (κ3) is 8.24. The van der Waals surface area contributed by atoms with E-state index in [1.54, 1.807) is 0 Å². The van der Waals surface area contributed by atoms with Crippen LogP contribution in [0.3, 0.4) is 0 Å². The van der Waals surface area contributed by atoms with E-state index in [-0.39, 0.29) is 0 Å². The monoisotopic (exact) mass is 226 g/mol. The molecule has 0 saturated carbocycles. The average molecular weight is 226 g/mol. The third-order valence-corrected chi connectivity index (χ3v) is 2.00. The number of carbonyl (C=O) groups excluding carboxylic acids is 1. The molecule has 3 nitrogen and oxygen atoms in total. The molecule has 0 aliphatic rings. The highest BCUT2D eigenvalue weighted by Gasteiger charge is 2.11. The fourth-order valence-corrected chi connectivity index (χ4v) is 1.30. The minimum absolute atomic E-state index is 0.456. The minimum Gasteiger partial charge on any atom is -0.318 e. The maximum Gasteiger partial charge on any atom is 0.466 e. The van der Waals surface area contributed by atoms with Gasteiger partial charge in [0.2, 0.25) is 11.8 Å². The summed E-state index contributed by atoms with van der Waals surface area (Å²) in [6.07, 6.45) is 1.48. The maximum atomic E-state index is 10.8. The molecular formula is C6H13NO2PS2+. The molecule has 0 aromatic heterocycles. The third-order valence-electron chi connectivity index (χ3n) is 1.21. The fraction of sp³-hybridized carbons (Fsp3) is 0.833. The summed E-state index contributed by atoms with van der Waals surface area (Å²) in [6, 6.07) is 0. The summed E-state index contributed by atoms with van der Waals surface area (Å²) in [6.45, 7) is 2.76. The molecule has 1 amide bonds. The highest BCUT2D eigenvalue weighted by atomic mass is 32.9. The highest BCUT2D eigenvalue weighted by molar-refractivity contribution is 8.54. The first-order chi connectivity index (χ1) is 5.66. The van der Waals surface area contributed by atoms with Crippen LogP contribution in [0.15, 0.2) is 0 Å². The summed E-state index contributed by atoms with van der Waals surface area (Å²) in [4.78, 5) is 10.8. The van der Waals surface area contributed by atoms with Gasteiger partial charge in [-0.1, -0.05) is 19.8 Å². The van der Waals surface area contributed by atoms with Crippen molar-refractivity contribution in [3.8, 4) is 0 Å². The first-order valence-corrected chi connectivity index (χ1v) is 7.21. The molecule has 12 heavy (non-hydrogen) atoms. The second-order valence-electron chi connectivity index (χ2n) is 2.25. The number of amides is 1. The van der Waals surface area contributed by atoms with Gasteiger partial charge < -0.3 is 5.32 Å². The molecule has 1 unspecified atom stereocenters. The van der Waals surface area contributed by atoms with Crippen molar-refractivity contribution in [3.05, 3.63) is 0 Å². The van der Waals surface area contributed by atoms with E-state index in [9.17, 15) is 4.79 Å². The van der Waals surface area contributed by atoms with Crippen molar-refractivity contribution >= 4 is 36.3 Å². The Labute approximate surface area is 83.9 Å². The van der Waals surface area contributed by atoms with Crippen molar-refractivity contribution in [2.24, 2.45) is 0 Å². The molecule has 0 saturated heterocycles. The molecule has 1 atom stereocenters. The largest absolute Gasteiger partial charge is 0.466 e. The highest BCUT2D eigenvalue weighted by Crippen LogP contribution is 2.26. The van der Waals surface area contributed by atoms with Crippen LogP contribution in [-0.4, -0.2) is 12.6 Å². The molecule has 0 aliphatic carbocycles. The predicted octanol–water partition coefficient (Wildman–Crippen LogP) is 2.61. The van der Waals surface area contributed by atoms with Gasteiger partial charge in [0.25, 0.3) is 0 Å². The predicted molar refractivity (Wildman–Crippen MR) is 57.3 cm³/mol. The lowest BCUT2D eigenvalue weighted by atomic mass is 10.2. The van der Waals surface area contributed by atoms with Crippen LogP contribution in [-0.2, 0) is 16.3 Å². The van der Waals surface area contributed by atoms with E-state index in [0.717, 1.165) is 19.3 Å². The van der Waals surface area contributed by atoms with E-state index in [2.05, 4.69) is 40.8 Å². The summed E-state index contributed by atoms with van der Waals surface area (Å²) in [5.41, 5.74) is 0. The smallest absolute Gasteiger partial charge is 0.318 e. The number of hydrogen-bond acceptors (Lipinski definition) is 3. The zero-order chi connectivity index (χ0) is 9.40. The molecule has 0 aromatic rings. The number of rotatable bonds is 5. The van der Waals surface area contributed by atoms with Crippen LogP contribution in [0.5, 0.6) is 0 Å². The Morgan fingerprint density at radius 3 is 2.83 bits per heavy atom. The summed E-state index contributed by atoms with van der Waals surface area (Å²) in [7, 11) is 0. The average Bonchev–Trinajstić information content (AvgIpc) is 1.97. The van der Waals surface area contributed by atoms with Crippen LogP contribution in [0.2, 0.25) is 0 Å². The van der Waals surface area contributed by atoms with E-state index in [4.69, 9.17) is 0 Å². The first-order valence-electron chi connectivity index (χ1n) is 3.78.